The minimum atomic E-state index is 0.836. The van der Waals surface area contributed by atoms with E-state index in [1.54, 1.807) is 0 Å². The van der Waals surface area contributed by atoms with Gasteiger partial charge < -0.3 is 0 Å². The Morgan fingerprint density at radius 3 is 1.56 bits per heavy atom. The predicted octanol–water partition coefficient (Wildman–Crippen LogP) is 6.96. The zero-order valence-electron chi connectivity index (χ0n) is 13.0. The van der Waals surface area contributed by atoms with Crippen molar-refractivity contribution < 1.29 is 0 Å². The van der Waals surface area contributed by atoms with Gasteiger partial charge in [-0.3, -0.25) is 0 Å². The second kappa shape index (κ2) is 13.9. The van der Waals surface area contributed by atoms with Crippen molar-refractivity contribution in [2.24, 2.45) is 11.8 Å². The highest BCUT2D eigenvalue weighted by Gasteiger charge is 2.10. The molecule has 1 atom stereocenters. The predicted molar refractivity (Wildman–Crippen MR) is 88.6 cm³/mol. The van der Waals surface area contributed by atoms with Crippen molar-refractivity contribution in [3.05, 3.63) is 0 Å². The number of hydrogen-bond donors (Lipinski definition) is 0. The van der Waals surface area contributed by atoms with Crippen LogP contribution in [0.3, 0.4) is 0 Å². The molecular weight excluding hydrogens is 284 g/mol. The standard InChI is InChI=1S/C17H35Br/c1-4-5-6-7-8-9-10-11-12-13-14-17(15-18)16(2)3/h16-17H,4-15H2,1-3H3. The molecule has 0 aliphatic rings. The molecule has 0 aromatic heterocycles. The molecule has 0 aromatic carbocycles. The van der Waals surface area contributed by atoms with Crippen LogP contribution < -0.4 is 0 Å². The maximum absolute atomic E-state index is 3.64. The van der Waals surface area contributed by atoms with Gasteiger partial charge in [-0.25, -0.2) is 0 Å². The average Bonchev–Trinajstić information content (AvgIpc) is 2.35. The zero-order chi connectivity index (χ0) is 13.6. The van der Waals surface area contributed by atoms with E-state index in [9.17, 15) is 0 Å². The van der Waals surface area contributed by atoms with E-state index in [4.69, 9.17) is 0 Å². The van der Waals surface area contributed by atoms with Gasteiger partial charge in [-0.15, -0.1) is 0 Å². The van der Waals surface area contributed by atoms with Crippen molar-refractivity contribution in [1.82, 2.24) is 0 Å². The summed E-state index contributed by atoms with van der Waals surface area (Å²) in [6, 6.07) is 0. The van der Waals surface area contributed by atoms with Crippen LogP contribution in [0, 0.1) is 11.8 Å². The molecule has 0 heterocycles. The molecule has 0 amide bonds. The van der Waals surface area contributed by atoms with Crippen molar-refractivity contribution in [3.63, 3.8) is 0 Å². The molecule has 0 fully saturated rings. The van der Waals surface area contributed by atoms with Crippen LogP contribution in [-0.2, 0) is 0 Å². The molecule has 0 spiro atoms. The molecule has 0 saturated carbocycles. The highest BCUT2D eigenvalue weighted by molar-refractivity contribution is 9.09. The summed E-state index contributed by atoms with van der Waals surface area (Å²) in [6.45, 7) is 6.99. The number of halogens is 1. The van der Waals surface area contributed by atoms with Crippen molar-refractivity contribution in [1.29, 1.82) is 0 Å². The lowest BCUT2D eigenvalue weighted by Crippen LogP contribution is -2.09. The first kappa shape index (κ1) is 18.5. The summed E-state index contributed by atoms with van der Waals surface area (Å²) in [7, 11) is 0. The lowest BCUT2D eigenvalue weighted by molar-refractivity contribution is 0.382. The third-order valence-electron chi connectivity index (χ3n) is 4.07. The van der Waals surface area contributed by atoms with Crippen molar-refractivity contribution in [3.8, 4) is 0 Å². The molecule has 0 bridgehead atoms. The summed E-state index contributed by atoms with van der Waals surface area (Å²) < 4.78 is 0. The van der Waals surface area contributed by atoms with Gasteiger partial charge >= 0.3 is 0 Å². The first-order chi connectivity index (χ1) is 8.72. The fourth-order valence-electron chi connectivity index (χ4n) is 2.48. The molecule has 1 heteroatoms. The van der Waals surface area contributed by atoms with Gasteiger partial charge in [0.05, 0.1) is 0 Å². The topological polar surface area (TPSA) is 0 Å². The molecule has 0 aliphatic carbocycles. The van der Waals surface area contributed by atoms with E-state index in [2.05, 4.69) is 36.7 Å². The Morgan fingerprint density at radius 1 is 0.722 bits per heavy atom. The molecule has 110 valence electrons. The second-order valence-electron chi connectivity index (χ2n) is 6.13. The van der Waals surface area contributed by atoms with E-state index in [0.717, 1.165) is 11.8 Å². The maximum Gasteiger partial charge on any atom is 0.00621 e. The van der Waals surface area contributed by atoms with Gasteiger partial charge in [-0.05, 0) is 18.3 Å². The minimum Gasteiger partial charge on any atom is -0.0925 e. The molecule has 0 N–H and O–H groups in total. The van der Waals surface area contributed by atoms with Gasteiger partial charge in [0.2, 0.25) is 0 Å². The van der Waals surface area contributed by atoms with E-state index in [1.807, 2.05) is 0 Å². The Morgan fingerprint density at radius 2 is 1.17 bits per heavy atom. The zero-order valence-corrected chi connectivity index (χ0v) is 14.6. The summed E-state index contributed by atoms with van der Waals surface area (Å²) in [5.74, 6) is 1.72. The minimum absolute atomic E-state index is 0.836. The normalized spacial score (nSPS) is 13.2. The summed E-state index contributed by atoms with van der Waals surface area (Å²) in [4.78, 5) is 0. The third-order valence-corrected chi connectivity index (χ3v) is 4.90. The fraction of sp³-hybridized carbons (Fsp3) is 1.00. The SMILES string of the molecule is CCCCCCCCCCCCC(CBr)C(C)C. The monoisotopic (exact) mass is 318 g/mol. The van der Waals surface area contributed by atoms with E-state index in [-0.39, 0.29) is 0 Å². The van der Waals surface area contributed by atoms with E-state index < -0.39 is 0 Å². The first-order valence-electron chi connectivity index (χ1n) is 8.28. The largest absolute Gasteiger partial charge is 0.0925 e. The van der Waals surface area contributed by atoms with Gasteiger partial charge in [-0.1, -0.05) is 101 Å². The number of unbranched alkanes of at least 4 members (excludes halogenated alkanes) is 9. The van der Waals surface area contributed by atoms with E-state index in [0.29, 0.717) is 0 Å². The molecule has 0 saturated heterocycles. The number of rotatable bonds is 13. The Bertz CT molecular complexity index is 154. The number of alkyl halides is 1. The Kier molecular flexibility index (Phi) is 14.3. The van der Waals surface area contributed by atoms with Crippen LogP contribution >= 0.6 is 15.9 Å². The Labute approximate surface area is 124 Å². The van der Waals surface area contributed by atoms with Crippen molar-refractivity contribution in [2.75, 3.05) is 5.33 Å². The van der Waals surface area contributed by atoms with Gasteiger partial charge in [0.1, 0.15) is 0 Å². The van der Waals surface area contributed by atoms with Crippen LogP contribution in [0.2, 0.25) is 0 Å². The van der Waals surface area contributed by atoms with Gasteiger partial charge in [0.15, 0.2) is 0 Å². The summed E-state index contributed by atoms with van der Waals surface area (Å²) in [5, 5.41) is 1.18. The lowest BCUT2D eigenvalue weighted by Gasteiger charge is -2.17. The average molecular weight is 319 g/mol. The molecular formula is C17H35Br. The molecule has 18 heavy (non-hydrogen) atoms. The molecule has 0 nitrogen and oxygen atoms in total. The molecule has 0 aliphatic heterocycles. The smallest absolute Gasteiger partial charge is 0.00621 e. The first-order valence-corrected chi connectivity index (χ1v) is 9.40. The van der Waals surface area contributed by atoms with Crippen LogP contribution in [0.25, 0.3) is 0 Å². The summed E-state index contributed by atoms with van der Waals surface area (Å²) in [5.41, 5.74) is 0. The molecule has 0 radical (unpaired) electrons. The second-order valence-corrected chi connectivity index (χ2v) is 6.78. The van der Waals surface area contributed by atoms with E-state index in [1.165, 1.54) is 76.0 Å². The lowest BCUT2D eigenvalue weighted by atomic mass is 9.92. The van der Waals surface area contributed by atoms with Gasteiger partial charge in [-0.2, -0.15) is 0 Å². The molecule has 0 aromatic rings. The maximum atomic E-state index is 3.64. The third kappa shape index (κ3) is 11.6. The van der Waals surface area contributed by atoms with Gasteiger partial charge in [0, 0.05) is 5.33 Å². The molecule has 1 unspecified atom stereocenters. The van der Waals surface area contributed by atoms with Crippen LogP contribution in [0.5, 0.6) is 0 Å². The van der Waals surface area contributed by atoms with E-state index >= 15 is 0 Å². The summed E-state index contributed by atoms with van der Waals surface area (Å²) in [6.07, 6.45) is 15.9. The van der Waals surface area contributed by atoms with Gasteiger partial charge in [0.25, 0.3) is 0 Å². The Hall–Kier alpha value is 0.480. The van der Waals surface area contributed by atoms with Crippen molar-refractivity contribution >= 4 is 15.9 Å². The highest BCUT2D eigenvalue weighted by Crippen LogP contribution is 2.21. The van der Waals surface area contributed by atoms with Crippen LogP contribution in [-0.4, -0.2) is 5.33 Å². The van der Waals surface area contributed by atoms with Crippen LogP contribution in [0.4, 0.5) is 0 Å². The van der Waals surface area contributed by atoms with Crippen LogP contribution in [0.1, 0.15) is 91.4 Å². The fourth-order valence-corrected chi connectivity index (χ4v) is 3.55. The number of hydrogen-bond acceptors (Lipinski definition) is 0. The molecule has 0 rings (SSSR count). The highest BCUT2D eigenvalue weighted by atomic mass is 79.9. The summed E-state index contributed by atoms with van der Waals surface area (Å²) >= 11 is 3.64. The van der Waals surface area contributed by atoms with Crippen LogP contribution in [0.15, 0.2) is 0 Å². The Balaban J connectivity index is 3.15. The van der Waals surface area contributed by atoms with Crippen molar-refractivity contribution in [2.45, 2.75) is 91.4 Å². The quantitative estimate of drug-likeness (QED) is 0.254.